The van der Waals surface area contributed by atoms with E-state index in [4.69, 9.17) is 0 Å². The minimum Gasteiger partial charge on any atom is -0.387 e. The Hall–Kier alpha value is -1.26. The Bertz CT molecular complexity index is 593. The van der Waals surface area contributed by atoms with Crippen LogP contribution in [0.3, 0.4) is 0 Å². The topological polar surface area (TPSA) is 33.1 Å². The number of aliphatic hydroxyl groups is 1. The van der Waals surface area contributed by atoms with Crippen LogP contribution < -0.4 is 0 Å². The number of hydrogen-bond acceptors (Lipinski definition) is 3. The second-order valence-corrected chi connectivity index (χ2v) is 5.78. The fraction of sp³-hybridized carbons (Fsp3) is 0.357. The summed E-state index contributed by atoms with van der Waals surface area (Å²) in [5, 5.41) is 10.8. The van der Waals surface area contributed by atoms with Crippen molar-refractivity contribution in [2.75, 3.05) is 0 Å². The standard InChI is InChI=1S/C14H14FNOS/c1-8-7-9(5-6-10(8)15)14-16-13-11(17)3-2-4-12(13)18-14/h5-7,11,17H,2-4H2,1H3. The Balaban J connectivity index is 2.04. The fourth-order valence-corrected chi connectivity index (χ4v) is 3.45. The lowest BCUT2D eigenvalue weighted by Crippen LogP contribution is -2.07. The quantitative estimate of drug-likeness (QED) is 0.852. The molecule has 1 heterocycles. The molecule has 0 spiro atoms. The van der Waals surface area contributed by atoms with E-state index in [-0.39, 0.29) is 5.82 Å². The Morgan fingerprint density at radius 1 is 1.44 bits per heavy atom. The molecule has 18 heavy (non-hydrogen) atoms. The highest BCUT2D eigenvalue weighted by atomic mass is 32.1. The Labute approximate surface area is 109 Å². The van der Waals surface area contributed by atoms with Crippen LogP contribution in [0.2, 0.25) is 0 Å². The van der Waals surface area contributed by atoms with Crippen molar-refractivity contribution in [3.63, 3.8) is 0 Å². The summed E-state index contributed by atoms with van der Waals surface area (Å²) in [5.41, 5.74) is 2.38. The van der Waals surface area contributed by atoms with E-state index in [1.807, 2.05) is 6.07 Å². The van der Waals surface area contributed by atoms with Crippen LogP contribution in [0.1, 0.15) is 35.1 Å². The van der Waals surface area contributed by atoms with Crippen LogP contribution in [0.25, 0.3) is 10.6 Å². The van der Waals surface area contributed by atoms with E-state index in [1.54, 1.807) is 24.3 Å². The summed E-state index contributed by atoms with van der Waals surface area (Å²) in [7, 11) is 0. The van der Waals surface area contributed by atoms with Crippen LogP contribution in [0, 0.1) is 12.7 Å². The van der Waals surface area contributed by atoms with Crippen molar-refractivity contribution in [1.29, 1.82) is 0 Å². The molecule has 2 aromatic rings. The van der Waals surface area contributed by atoms with E-state index in [0.717, 1.165) is 35.5 Å². The molecule has 1 aliphatic carbocycles. The lowest BCUT2D eigenvalue weighted by molar-refractivity contribution is 0.153. The number of fused-ring (bicyclic) bond motifs is 1. The van der Waals surface area contributed by atoms with Crippen LogP contribution in [0.15, 0.2) is 18.2 Å². The zero-order valence-corrected chi connectivity index (χ0v) is 10.9. The van der Waals surface area contributed by atoms with Crippen molar-refractivity contribution in [3.05, 3.63) is 40.2 Å². The van der Waals surface area contributed by atoms with E-state index in [0.29, 0.717) is 5.56 Å². The molecule has 2 nitrogen and oxygen atoms in total. The Morgan fingerprint density at radius 3 is 3.00 bits per heavy atom. The molecule has 0 amide bonds. The fourth-order valence-electron chi connectivity index (χ4n) is 2.30. The molecule has 1 atom stereocenters. The van der Waals surface area contributed by atoms with Gasteiger partial charge in [0.25, 0.3) is 0 Å². The largest absolute Gasteiger partial charge is 0.387 e. The molecule has 94 valence electrons. The van der Waals surface area contributed by atoms with Gasteiger partial charge in [-0.3, -0.25) is 0 Å². The summed E-state index contributed by atoms with van der Waals surface area (Å²) in [4.78, 5) is 5.69. The molecule has 1 unspecified atom stereocenters. The van der Waals surface area contributed by atoms with Gasteiger partial charge in [0.2, 0.25) is 0 Å². The summed E-state index contributed by atoms with van der Waals surface area (Å²) >= 11 is 1.61. The van der Waals surface area contributed by atoms with Crippen LogP contribution in [-0.4, -0.2) is 10.1 Å². The summed E-state index contributed by atoms with van der Waals surface area (Å²) < 4.78 is 13.2. The Kier molecular flexibility index (Phi) is 2.92. The first-order valence-electron chi connectivity index (χ1n) is 6.09. The summed E-state index contributed by atoms with van der Waals surface area (Å²) in [6.45, 7) is 1.75. The molecule has 0 radical (unpaired) electrons. The molecular weight excluding hydrogens is 249 g/mol. The van der Waals surface area contributed by atoms with Crippen molar-refractivity contribution in [3.8, 4) is 10.6 Å². The maximum atomic E-state index is 13.2. The third kappa shape index (κ3) is 1.95. The number of aliphatic hydroxyl groups excluding tert-OH is 1. The molecule has 0 saturated heterocycles. The number of nitrogens with zero attached hydrogens (tertiary/aromatic N) is 1. The predicted octanol–water partition coefficient (Wildman–Crippen LogP) is 3.63. The monoisotopic (exact) mass is 263 g/mol. The number of aromatic nitrogens is 1. The number of thiazole rings is 1. The highest BCUT2D eigenvalue weighted by molar-refractivity contribution is 7.15. The minimum absolute atomic E-state index is 0.194. The molecule has 1 aliphatic rings. The van der Waals surface area contributed by atoms with Crippen molar-refractivity contribution >= 4 is 11.3 Å². The molecule has 0 fully saturated rings. The molecule has 3 rings (SSSR count). The van der Waals surface area contributed by atoms with Crippen molar-refractivity contribution in [2.24, 2.45) is 0 Å². The molecule has 0 aliphatic heterocycles. The first-order chi connectivity index (χ1) is 8.65. The molecule has 1 N–H and O–H groups in total. The van der Waals surface area contributed by atoms with Gasteiger partial charge in [-0.15, -0.1) is 11.3 Å². The van der Waals surface area contributed by atoms with E-state index in [2.05, 4.69) is 4.98 Å². The maximum Gasteiger partial charge on any atom is 0.126 e. The second kappa shape index (κ2) is 4.44. The zero-order valence-electron chi connectivity index (χ0n) is 10.1. The normalized spacial score (nSPS) is 18.7. The SMILES string of the molecule is Cc1cc(-c2nc3c(s2)CCCC3O)ccc1F. The van der Waals surface area contributed by atoms with Gasteiger partial charge in [-0.2, -0.15) is 0 Å². The molecular formula is C14H14FNOS. The maximum absolute atomic E-state index is 13.2. The molecule has 1 aromatic heterocycles. The zero-order chi connectivity index (χ0) is 12.7. The van der Waals surface area contributed by atoms with Crippen LogP contribution in [0.5, 0.6) is 0 Å². The van der Waals surface area contributed by atoms with E-state index < -0.39 is 6.10 Å². The van der Waals surface area contributed by atoms with Gasteiger partial charge >= 0.3 is 0 Å². The highest BCUT2D eigenvalue weighted by Crippen LogP contribution is 2.37. The van der Waals surface area contributed by atoms with Crippen LogP contribution in [-0.2, 0) is 6.42 Å². The van der Waals surface area contributed by atoms with Gasteiger partial charge in [-0.1, -0.05) is 0 Å². The van der Waals surface area contributed by atoms with Crippen molar-refractivity contribution in [2.45, 2.75) is 32.3 Å². The van der Waals surface area contributed by atoms with E-state index >= 15 is 0 Å². The number of rotatable bonds is 1. The van der Waals surface area contributed by atoms with Gasteiger partial charge in [-0.05, 0) is 49.9 Å². The first-order valence-corrected chi connectivity index (χ1v) is 6.91. The van der Waals surface area contributed by atoms with Gasteiger partial charge < -0.3 is 5.11 Å². The lowest BCUT2D eigenvalue weighted by atomic mass is 10.0. The van der Waals surface area contributed by atoms with Gasteiger partial charge in [0.15, 0.2) is 0 Å². The van der Waals surface area contributed by atoms with Gasteiger partial charge in [0, 0.05) is 10.4 Å². The van der Waals surface area contributed by atoms with Crippen LogP contribution >= 0.6 is 11.3 Å². The average molecular weight is 263 g/mol. The van der Waals surface area contributed by atoms with E-state index in [1.165, 1.54) is 10.9 Å². The van der Waals surface area contributed by atoms with Crippen molar-refractivity contribution < 1.29 is 9.50 Å². The summed E-state index contributed by atoms with van der Waals surface area (Å²) in [6.07, 6.45) is 2.36. The molecule has 0 bridgehead atoms. The Morgan fingerprint density at radius 2 is 2.28 bits per heavy atom. The number of aryl methyl sites for hydroxylation is 2. The third-order valence-electron chi connectivity index (χ3n) is 3.33. The number of halogens is 1. The van der Waals surface area contributed by atoms with E-state index in [9.17, 15) is 9.50 Å². The summed E-state index contributed by atoms with van der Waals surface area (Å²) in [6, 6.07) is 5.03. The molecule has 0 saturated carbocycles. The van der Waals surface area contributed by atoms with Gasteiger partial charge in [0.05, 0.1) is 11.8 Å². The minimum atomic E-state index is -0.430. The lowest BCUT2D eigenvalue weighted by Gasteiger charge is -2.14. The summed E-state index contributed by atoms with van der Waals surface area (Å²) in [5.74, 6) is -0.194. The van der Waals surface area contributed by atoms with Gasteiger partial charge in [-0.25, -0.2) is 9.37 Å². The molecule has 1 aromatic carbocycles. The molecule has 4 heteroatoms. The predicted molar refractivity (Wildman–Crippen MR) is 70.1 cm³/mol. The van der Waals surface area contributed by atoms with Gasteiger partial charge in [0.1, 0.15) is 10.8 Å². The third-order valence-corrected chi connectivity index (χ3v) is 4.51. The number of hydrogen-bond donors (Lipinski definition) is 1. The van der Waals surface area contributed by atoms with Crippen molar-refractivity contribution in [1.82, 2.24) is 4.98 Å². The second-order valence-electron chi connectivity index (χ2n) is 4.70. The highest BCUT2D eigenvalue weighted by Gasteiger charge is 2.23. The first kappa shape index (κ1) is 11.8. The van der Waals surface area contributed by atoms with Crippen LogP contribution in [0.4, 0.5) is 4.39 Å². The number of benzene rings is 1. The average Bonchev–Trinajstić information content (AvgIpc) is 2.78. The smallest absolute Gasteiger partial charge is 0.126 e.